The second-order valence-corrected chi connectivity index (χ2v) is 8.42. The van der Waals surface area contributed by atoms with Gasteiger partial charge < -0.3 is 9.64 Å². The molecule has 1 heterocycles. The van der Waals surface area contributed by atoms with Gasteiger partial charge in [-0.25, -0.2) is 0 Å². The quantitative estimate of drug-likeness (QED) is 0.214. The van der Waals surface area contributed by atoms with Gasteiger partial charge in [-0.2, -0.15) is 5.26 Å². The van der Waals surface area contributed by atoms with E-state index in [1.807, 2.05) is 84.9 Å². The van der Waals surface area contributed by atoms with E-state index in [0.29, 0.717) is 27.9 Å². The molecule has 0 spiro atoms. The predicted octanol–water partition coefficient (Wildman–Crippen LogP) is 8.36. The molecule has 4 aromatic rings. The molecule has 0 unspecified atom stereocenters. The van der Waals surface area contributed by atoms with Crippen molar-refractivity contribution < 1.29 is 4.74 Å². The van der Waals surface area contributed by atoms with Crippen LogP contribution in [0.3, 0.4) is 0 Å². The number of nitriles is 1. The fourth-order valence-electron chi connectivity index (χ4n) is 3.27. The van der Waals surface area contributed by atoms with Gasteiger partial charge in [0.15, 0.2) is 5.00 Å². The summed E-state index contributed by atoms with van der Waals surface area (Å²) in [6.07, 6.45) is 0. The van der Waals surface area contributed by atoms with Crippen molar-refractivity contribution in [3.8, 4) is 11.8 Å². The molecular formula is C27H24N6OS. The Labute approximate surface area is 208 Å². The van der Waals surface area contributed by atoms with Crippen LogP contribution in [0.25, 0.3) is 0 Å². The van der Waals surface area contributed by atoms with Gasteiger partial charge in [0.25, 0.3) is 0 Å². The fraction of sp³-hybridized carbons (Fsp3) is 0.148. The second kappa shape index (κ2) is 12.2. The monoisotopic (exact) mass is 480 g/mol. The summed E-state index contributed by atoms with van der Waals surface area (Å²) < 4.78 is 5.82. The van der Waals surface area contributed by atoms with Gasteiger partial charge in [0.2, 0.25) is 0 Å². The number of likely N-dealkylation sites (N-methyl/N-ethyl adjacent to an activating group) is 1. The topological polar surface area (TPSA) is 85.7 Å². The summed E-state index contributed by atoms with van der Waals surface area (Å²) in [6, 6.07) is 30.9. The summed E-state index contributed by atoms with van der Waals surface area (Å²) >= 11 is 1.28. The van der Waals surface area contributed by atoms with E-state index in [9.17, 15) is 5.26 Å². The molecule has 4 rings (SSSR count). The Hall–Kier alpha value is -4.35. The van der Waals surface area contributed by atoms with E-state index in [1.54, 1.807) is 6.07 Å². The first kappa shape index (κ1) is 23.8. The van der Waals surface area contributed by atoms with Crippen molar-refractivity contribution in [1.82, 2.24) is 0 Å². The molecule has 7 nitrogen and oxygen atoms in total. The van der Waals surface area contributed by atoms with Crippen LogP contribution in [0.4, 0.5) is 27.1 Å². The maximum absolute atomic E-state index is 9.45. The summed E-state index contributed by atoms with van der Waals surface area (Å²) in [6.45, 7) is 4.34. The molecule has 0 bridgehead atoms. The molecule has 3 aromatic carbocycles. The number of hydrogen-bond donors (Lipinski definition) is 0. The minimum absolute atomic E-state index is 0.424. The van der Waals surface area contributed by atoms with Crippen LogP contribution in [0.15, 0.2) is 111 Å². The number of thiophene rings is 1. The number of rotatable bonds is 10. The highest BCUT2D eigenvalue weighted by Gasteiger charge is 2.09. The zero-order valence-corrected chi connectivity index (χ0v) is 20.1. The number of benzene rings is 3. The Bertz CT molecular complexity index is 1310. The zero-order chi connectivity index (χ0) is 24.3. The van der Waals surface area contributed by atoms with Crippen LogP contribution in [0.2, 0.25) is 0 Å². The molecule has 174 valence electrons. The molecule has 35 heavy (non-hydrogen) atoms. The molecule has 1 aromatic heterocycles. The Morgan fingerprint density at radius 3 is 2.17 bits per heavy atom. The van der Waals surface area contributed by atoms with Gasteiger partial charge in [-0.05, 0) is 61.5 Å². The third kappa shape index (κ3) is 6.82. The molecule has 0 radical (unpaired) electrons. The van der Waals surface area contributed by atoms with Crippen molar-refractivity contribution in [3.05, 3.63) is 96.6 Å². The largest absolute Gasteiger partial charge is 0.492 e. The number of anilines is 1. The highest BCUT2D eigenvalue weighted by molar-refractivity contribution is 7.19. The SMILES string of the molecule is CCN(CCOc1ccccc1)c1ccc(N=Nc2sc(N=Nc3ccccc3)cc2C#N)cc1. The van der Waals surface area contributed by atoms with Crippen molar-refractivity contribution in [2.75, 3.05) is 24.6 Å². The van der Waals surface area contributed by atoms with Crippen molar-refractivity contribution >= 4 is 38.4 Å². The Morgan fingerprint density at radius 2 is 1.49 bits per heavy atom. The lowest BCUT2D eigenvalue weighted by Crippen LogP contribution is -2.27. The summed E-state index contributed by atoms with van der Waals surface area (Å²) in [4.78, 5) is 2.24. The molecule has 0 aliphatic heterocycles. The fourth-order valence-corrected chi connectivity index (χ4v) is 4.02. The number of nitrogens with zero attached hydrogens (tertiary/aromatic N) is 6. The first-order valence-corrected chi connectivity index (χ1v) is 12.0. The first-order valence-electron chi connectivity index (χ1n) is 11.2. The maximum Gasteiger partial charge on any atom is 0.158 e. The number of azo groups is 2. The molecule has 0 atom stereocenters. The molecule has 0 saturated carbocycles. The van der Waals surface area contributed by atoms with Gasteiger partial charge in [-0.15, -0.1) is 20.5 Å². The van der Waals surface area contributed by atoms with Gasteiger partial charge in [0, 0.05) is 12.2 Å². The van der Waals surface area contributed by atoms with Gasteiger partial charge in [-0.3, -0.25) is 0 Å². The minimum atomic E-state index is 0.424. The third-order valence-electron chi connectivity index (χ3n) is 5.07. The molecule has 0 aliphatic carbocycles. The van der Waals surface area contributed by atoms with Crippen LogP contribution in [0.1, 0.15) is 12.5 Å². The van der Waals surface area contributed by atoms with E-state index < -0.39 is 0 Å². The van der Waals surface area contributed by atoms with Crippen molar-refractivity contribution in [2.24, 2.45) is 20.5 Å². The lowest BCUT2D eigenvalue weighted by Gasteiger charge is -2.23. The lowest BCUT2D eigenvalue weighted by molar-refractivity contribution is 0.324. The lowest BCUT2D eigenvalue weighted by atomic mass is 10.2. The van der Waals surface area contributed by atoms with Crippen molar-refractivity contribution in [3.63, 3.8) is 0 Å². The Morgan fingerprint density at radius 1 is 0.829 bits per heavy atom. The molecule has 0 aliphatic rings. The first-order chi connectivity index (χ1) is 17.2. The Kier molecular flexibility index (Phi) is 8.30. The van der Waals surface area contributed by atoms with E-state index in [-0.39, 0.29) is 0 Å². The number of para-hydroxylation sites is 1. The number of hydrogen-bond acceptors (Lipinski definition) is 8. The van der Waals surface area contributed by atoms with Crippen LogP contribution in [-0.4, -0.2) is 19.7 Å². The molecule has 0 amide bonds. The van der Waals surface area contributed by atoms with Crippen LogP contribution in [0, 0.1) is 11.3 Å². The standard InChI is InChI=1S/C27H24N6OS/c1-2-33(17-18-34-25-11-7-4-8-12-25)24-15-13-23(14-16-24)30-32-27-21(20-28)19-26(35-27)31-29-22-9-5-3-6-10-22/h3-16,19H,2,17-18H2,1H3. The normalized spacial score (nSPS) is 11.1. The van der Waals surface area contributed by atoms with E-state index in [2.05, 4.69) is 38.3 Å². The smallest absolute Gasteiger partial charge is 0.158 e. The van der Waals surface area contributed by atoms with Crippen LogP contribution in [0.5, 0.6) is 5.75 Å². The van der Waals surface area contributed by atoms with E-state index in [1.165, 1.54) is 11.3 Å². The average molecular weight is 481 g/mol. The minimum Gasteiger partial charge on any atom is -0.492 e. The molecule has 0 fully saturated rings. The molecule has 0 saturated heterocycles. The molecular weight excluding hydrogens is 456 g/mol. The summed E-state index contributed by atoms with van der Waals surface area (Å²) in [5, 5.41) is 27.6. The van der Waals surface area contributed by atoms with E-state index in [4.69, 9.17) is 4.74 Å². The van der Waals surface area contributed by atoms with Crippen LogP contribution < -0.4 is 9.64 Å². The third-order valence-corrected chi connectivity index (χ3v) is 5.97. The highest BCUT2D eigenvalue weighted by atomic mass is 32.1. The van der Waals surface area contributed by atoms with Gasteiger partial charge in [0.1, 0.15) is 23.4 Å². The molecule has 8 heteroatoms. The van der Waals surface area contributed by atoms with Crippen LogP contribution in [-0.2, 0) is 0 Å². The summed E-state index contributed by atoms with van der Waals surface area (Å²) in [5.41, 5.74) is 2.96. The average Bonchev–Trinajstić information content (AvgIpc) is 3.32. The van der Waals surface area contributed by atoms with Gasteiger partial charge >= 0.3 is 0 Å². The van der Waals surface area contributed by atoms with Crippen molar-refractivity contribution in [2.45, 2.75) is 6.92 Å². The highest BCUT2D eigenvalue weighted by Crippen LogP contribution is 2.37. The van der Waals surface area contributed by atoms with Gasteiger partial charge in [-0.1, -0.05) is 47.7 Å². The van der Waals surface area contributed by atoms with Crippen LogP contribution >= 0.6 is 11.3 Å². The van der Waals surface area contributed by atoms with Gasteiger partial charge in [0.05, 0.1) is 23.5 Å². The van der Waals surface area contributed by atoms with E-state index >= 15 is 0 Å². The summed E-state index contributed by atoms with van der Waals surface area (Å²) in [5.74, 6) is 0.870. The van der Waals surface area contributed by atoms with Crippen molar-refractivity contribution in [1.29, 1.82) is 5.26 Å². The second-order valence-electron chi connectivity index (χ2n) is 7.41. The zero-order valence-electron chi connectivity index (χ0n) is 19.3. The maximum atomic E-state index is 9.45. The summed E-state index contributed by atoms with van der Waals surface area (Å²) in [7, 11) is 0. The molecule has 0 N–H and O–H groups in total. The van der Waals surface area contributed by atoms with E-state index in [0.717, 1.165) is 30.2 Å². The Balaban J connectivity index is 1.38. The predicted molar refractivity (Wildman–Crippen MR) is 140 cm³/mol. The number of ether oxygens (including phenoxy) is 1.